The van der Waals surface area contributed by atoms with Crippen molar-refractivity contribution in [2.24, 2.45) is 0 Å². The van der Waals surface area contributed by atoms with Gasteiger partial charge in [-0.05, 0) is 29.7 Å². The lowest BCUT2D eigenvalue weighted by atomic mass is 9.90. The summed E-state index contributed by atoms with van der Waals surface area (Å²) in [6.07, 6.45) is 0. The molecule has 0 unspecified atom stereocenters. The fraction of sp³-hybridized carbons (Fsp3) is 0.308. The van der Waals surface area contributed by atoms with Gasteiger partial charge in [0.1, 0.15) is 10.7 Å². The van der Waals surface area contributed by atoms with Gasteiger partial charge in [0, 0.05) is 9.89 Å². The molecular weight excluding hydrogens is 331 g/mol. The lowest BCUT2D eigenvalue weighted by Gasteiger charge is -2.16. The van der Waals surface area contributed by atoms with Crippen LogP contribution in [0.3, 0.4) is 0 Å². The minimum Gasteiger partial charge on any atom is -0.287 e. The molecule has 3 nitrogen and oxygen atoms in total. The summed E-state index contributed by atoms with van der Waals surface area (Å²) in [5, 5.41) is 4.00. The molecule has 0 fully saturated rings. The fourth-order valence-electron chi connectivity index (χ4n) is 1.62. The number of carbonyl (C=O) groups is 1. The van der Waals surface area contributed by atoms with Crippen molar-refractivity contribution in [2.45, 2.75) is 26.2 Å². The van der Waals surface area contributed by atoms with Crippen LogP contribution in [0.5, 0.6) is 0 Å². The van der Waals surface area contributed by atoms with Crippen molar-refractivity contribution >= 4 is 33.2 Å². The van der Waals surface area contributed by atoms with Gasteiger partial charge in [-0.2, -0.15) is 0 Å². The molecule has 19 heavy (non-hydrogen) atoms. The van der Waals surface area contributed by atoms with Gasteiger partial charge < -0.3 is 0 Å². The summed E-state index contributed by atoms with van der Waals surface area (Å²) in [6.45, 7) is 5.83. The van der Waals surface area contributed by atoms with Crippen molar-refractivity contribution in [3.8, 4) is 0 Å². The van der Waals surface area contributed by atoms with Crippen LogP contribution in [0, 0.1) is 5.82 Å². The molecule has 0 aliphatic heterocycles. The Hall–Kier alpha value is -1.14. The van der Waals surface area contributed by atoms with Crippen molar-refractivity contribution in [2.75, 3.05) is 0 Å². The number of benzene rings is 1. The minimum atomic E-state index is -0.540. The van der Waals surface area contributed by atoms with Crippen molar-refractivity contribution in [1.82, 2.24) is 9.59 Å². The monoisotopic (exact) mass is 342 g/mol. The lowest BCUT2D eigenvalue weighted by molar-refractivity contribution is 0.103. The number of ketones is 1. The smallest absolute Gasteiger partial charge is 0.209 e. The highest BCUT2D eigenvalue weighted by Crippen LogP contribution is 2.29. The average Bonchev–Trinajstić information content (AvgIpc) is 2.80. The number of halogens is 2. The normalized spacial score (nSPS) is 11.6. The van der Waals surface area contributed by atoms with E-state index in [2.05, 4.69) is 25.5 Å². The molecule has 0 radical (unpaired) electrons. The highest BCUT2D eigenvalue weighted by molar-refractivity contribution is 9.10. The SMILES string of the molecule is CC(C)(C)c1nnsc1C(=O)c1cc(Br)ccc1F. The number of nitrogens with zero attached hydrogens (tertiary/aromatic N) is 2. The summed E-state index contributed by atoms with van der Waals surface area (Å²) in [5.74, 6) is -0.916. The maximum Gasteiger partial charge on any atom is 0.209 e. The van der Waals surface area contributed by atoms with Crippen molar-refractivity contribution in [3.05, 3.63) is 44.6 Å². The van der Waals surface area contributed by atoms with Crippen LogP contribution in [0.2, 0.25) is 0 Å². The van der Waals surface area contributed by atoms with Gasteiger partial charge in [-0.15, -0.1) is 5.10 Å². The fourth-order valence-corrected chi connectivity index (χ4v) is 2.82. The van der Waals surface area contributed by atoms with Gasteiger partial charge in [0.15, 0.2) is 0 Å². The van der Waals surface area contributed by atoms with E-state index in [1.54, 1.807) is 6.07 Å². The van der Waals surface area contributed by atoms with Gasteiger partial charge >= 0.3 is 0 Å². The predicted molar refractivity (Wildman–Crippen MR) is 76.1 cm³/mol. The van der Waals surface area contributed by atoms with E-state index < -0.39 is 5.82 Å². The minimum absolute atomic E-state index is 0.0333. The highest BCUT2D eigenvalue weighted by atomic mass is 79.9. The quantitative estimate of drug-likeness (QED) is 0.775. The standard InChI is InChI=1S/C13H12BrFN2OS/c1-13(2,3)12-11(19-17-16-12)10(18)8-6-7(14)4-5-9(8)15/h4-6H,1-3H3. The Balaban J connectivity index is 2.51. The first-order valence-corrected chi connectivity index (χ1v) is 7.20. The molecule has 2 aromatic rings. The maximum atomic E-state index is 13.8. The van der Waals surface area contributed by atoms with Crippen molar-refractivity contribution < 1.29 is 9.18 Å². The topological polar surface area (TPSA) is 42.9 Å². The second-order valence-electron chi connectivity index (χ2n) is 5.15. The summed E-state index contributed by atoms with van der Waals surface area (Å²) >= 11 is 4.24. The second-order valence-corrected chi connectivity index (χ2v) is 6.82. The zero-order valence-corrected chi connectivity index (χ0v) is 13.1. The molecule has 0 aliphatic rings. The molecule has 6 heteroatoms. The summed E-state index contributed by atoms with van der Waals surface area (Å²) in [4.78, 5) is 12.8. The molecule has 0 atom stereocenters. The summed E-state index contributed by atoms with van der Waals surface area (Å²) in [6, 6.07) is 4.30. The summed E-state index contributed by atoms with van der Waals surface area (Å²) in [7, 11) is 0. The molecule has 0 saturated heterocycles. The Bertz CT molecular complexity index is 634. The van der Waals surface area contributed by atoms with E-state index in [4.69, 9.17) is 0 Å². The number of aromatic nitrogens is 2. The van der Waals surface area contributed by atoms with E-state index in [-0.39, 0.29) is 16.8 Å². The lowest BCUT2D eigenvalue weighted by Crippen LogP contribution is -2.17. The predicted octanol–water partition coefficient (Wildman–Crippen LogP) is 3.97. The summed E-state index contributed by atoms with van der Waals surface area (Å²) < 4.78 is 18.2. The van der Waals surface area contributed by atoms with Crippen LogP contribution < -0.4 is 0 Å². The Morgan fingerprint density at radius 2 is 2.05 bits per heavy atom. The first-order chi connectivity index (χ1) is 8.80. The Labute approximate surface area is 123 Å². The molecule has 0 amide bonds. The van der Waals surface area contributed by atoms with Crippen LogP contribution in [-0.4, -0.2) is 15.4 Å². The Morgan fingerprint density at radius 3 is 2.68 bits per heavy atom. The second kappa shape index (κ2) is 5.09. The number of hydrogen-bond acceptors (Lipinski definition) is 4. The Kier molecular flexibility index (Phi) is 3.82. The van der Waals surface area contributed by atoms with Crippen molar-refractivity contribution in [1.29, 1.82) is 0 Å². The number of rotatable bonds is 2. The molecule has 1 aromatic heterocycles. The van der Waals surface area contributed by atoms with Gasteiger partial charge in [0.05, 0.1) is 11.3 Å². The zero-order valence-electron chi connectivity index (χ0n) is 10.7. The van der Waals surface area contributed by atoms with Gasteiger partial charge in [0.25, 0.3) is 0 Å². The van der Waals surface area contributed by atoms with E-state index in [0.29, 0.717) is 15.0 Å². The molecule has 0 bridgehead atoms. The molecule has 2 rings (SSSR count). The van der Waals surface area contributed by atoms with Gasteiger partial charge in [-0.25, -0.2) is 4.39 Å². The average molecular weight is 343 g/mol. The van der Waals surface area contributed by atoms with E-state index in [1.807, 2.05) is 20.8 Å². The molecule has 1 heterocycles. The highest BCUT2D eigenvalue weighted by Gasteiger charge is 2.28. The van der Waals surface area contributed by atoms with E-state index in [1.165, 1.54) is 12.1 Å². The molecular formula is C13H12BrFN2OS. The Morgan fingerprint density at radius 1 is 1.37 bits per heavy atom. The van der Waals surface area contributed by atoms with Crippen LogP contribution in [-0.2, 0) is 5.41 Å². The van der Waals surface area contributed by atoms with Gasteiger partial charge in [-0.1, -0.05) is 41.2 Å². The van der Waals surface area contributed by atoms with Crippen LogP contribution in [0.1, 0.15) is 41.7 Å². The largest absolute Gasteiger partial charge is 0.287 e. The molecule has 100 valence electrons. The molecule has 0 spiro atoms. The van der Waals surface area contributed by atoms with Gasteiger partial charge in [0.2, 0.25) is 5.78 Å². The number of carbonyl (C=O) groups excluding carboxylic acids is 1. The first-order valence-electron chi connectivity index (χ1n) is 5.63. The van der Waals surface area contributed by atoms with E-state index >= 15 is 0 Å². The third-order valence-corrected chi connectivity index (χ3v) is 3.80. The van der Waals surface area contributed by atoms with Crippen molar-refractivity contribution in [3.63, 3.8) is 0 Å². The van der Waals surface area contributed by atoms with Gasteiger partial charge in [-0.3, -0.25) is 4.79 Å². The van der Waals surface area contributed by atoms with Crippen LogP contribution in [0.15, 0.2) is 22.7 Å². The zero-order chi connectivity index (χ0) is 14.2. The third-order valence-electron chi connectivity index (χ3n) is 2.58. The molecule has 0 N–H and O–H groups in total. The van der Waals surface area contributed by atoms with Crippen LogP contribution in [0.25, 0.3) is 0 Å². The maximum absolute atomic E-state index is 13.8. The van der Waals surface area contributed by atoms with Crippen LogP contribution >= 0.6 is 27.5 Å². The molecule has 0 aliphatic carbocycles. The van der Waals surface area contributed by atoms with Crippen LogP contribution in [0.4, 0.5) is 4.39 Å². The molecule has 1 aromatic carbocycles. The summed E-state index contributed by atoms with van der Waals surface area (Å²) in [5.41, 5.74) is 0.327. The molecule has 0 saturated carbocycles. The first kappa shape index (κ1) is 14.3. The number of hydrogen-bond donors (Lipinski definition) is 0. The van der Waals surface area contributed by atoms with E-state index in [0.717, 1.165) is 11.5 Å². The third kappa shape index (κ3) is 2.90. The van der Waals surface area contributed by atoms with E-state index in [9.17, 15) is 9.18 Å².